The highest BCUT2D eigenvalue weighted by molar-refractivity contribution is 5.85. The summed E-state index contributed by atoms with van der Waals surface area (Å²) in [5, 5.41) is 73.4. The fourth-order valence-corrected chi connectivity index (χ4v) is 6.98. The predicted molar refractivity (Wildman–Crippen MR) is 146 cm³/mol. The number of carbonyl (C=O) groups is 1. The van der Waals surface area contributed by atoms with E-state index in [-0.39, 0.29) is 48.0 Å². The van der Waals surface area contributed by atoms with Gasteiger partial charge >= 0.3 is 5.97 Å². The molecule has 0 amide bonds. The molecule has 0 aromatic carbocycles. The molecule has 8 heteroatoms. The molecule has 2 aliphatic rings. The number of allylic oxidation sites excluding steroid dienone is 3. The van der Waals surface area contributed by atoms with Crippen LogP contribution in [0.3, 0.4) is 0 Å². The van der Waals surface area contributed by atoms with E-state index in [1.165, 1.54) is 6.92 Å². The van der Waals surface area contributed by atoms with Crippen LogP contribution in [-0.2, 0) is 4.79 Å². The minimum absolute atomic E-state index is 0.00902. The third-order valence-electron chi connectivity index (χ3n) is 9.29. The highest BCUT2D eigenvalue weighted by atomic mass is 16.4. The van der Waals surface area contributed by atoms with E-state index in [0.29, 0.717) is 0 Å². The van der Waals surface area contributed by atoms with Crippen LogP contribution < -0.4 is 0 Å². The summed E-state index contributed by atoms with van der Waals surface area (Å²) in [4.78, 5) is 11.8. The van der Waals surface area contributed by atoms with Crippen molar-refractivity contribution in [1.29, 1.82) is 0 Å². The van der Waals surface area contributed by atoms with Crippen molar-refractivity contribution in [3.05, 3.63) is 34.9 Å². The normalized spacial score (nSPS) is 37.8. The lowest BCUT2D eigenvalue weighted by atomic mass is 9.49. The zero-order chi connectivity index (χ0) is 29.3. The maximum absolute atomic E-state index is 11.8. The van der Waals surface area contributed by atoms with Gasteiger partial charge < -0.3 is 35.7 Å². The lowest BCUT2D eigenvalue weighted by Crippen LogP contribution is -2.63. The molecule has 8 nitrogen and oxygen atoms in total. The highest BCUT2D eigenvalue weighted by Crippen LogP contribution is 2.57. The van der Waals surface area contributed by atoms with Gasteiger partial charge in [0.15, 0.2) is 0 Å². The second kappa shape index (κ2) is 12.7. The fraction of sp³-hybridized carbons (Fsp3) is 0.767. The van der Waals surface area contributed by atoms with Gasteiger partial charge in [0.25, 0.3) is 0 Å². The van der Waals surface area contributed by atoms with E-state index in [4.69, 9.17) is 0 Å². The first-order valence-corrected chi connectivity index (χ1v) is 13.8. The summed E-state index contributed by atoms with van der Waals surface area (Å²) in [7, 11) is 0. The van der Waals surface area contributed by atoms with Gasteiger partial charge in [-0.3, -0.25) is 0 Å². The molecule has 12 atom stereocenters. The summed E-state index contributed by atoms with van der Waals surface area (Å²) in [5.74, 6) is -2.84. The largest absolute Gasteiger partial charge is 0.478 e. The SMILES string of the molecule is CC1=C[C@@]2(C)[C@H]([C@@H](C)[C@H](O)[C@H](O)[C@H]2O)[C@@H](/C=C(\C)C(=O)O)[C@@H]1/C(C)=C/C[C@H](O)C[C@@H](O)[C@H](C)[C@@H](O)C(C)C. The van der Waals surface area contributed by atoms with Gasteiger partial charge in [-0.05, 0) is 57.3 Å². The number of fused-ring (bicyclic) bond motifs is 1. The molecule has 218 valence electrons. The van der Waals surface area contributed by atoms with Crippen LogP contribution in [0.15, 0.2) is 34.9 Å². The Labute approximate surface area is 227 Å². The molecule has 1 saturated carbocycles. The summed E-state index contributed by atoms with van der Waals surface area (Å²) in [5.41, 5.74) is 1.10. The van der Waals surface area contributed by atoms with E-state index in [2.05, 4.69) is 0 Å². The van der Waals surface area contributed by atoms with Crippen LogP contribution in [0, 0.1) is 40.9 Å². The number of aliphatic carboxylic acids is 1. The highest BCUT2D eigenvalue weighted by Gasteiger charge is 2.58. The van der Waals surface area contributed by atoms with Crippen molar-refractivity contribution in [2.24, 2.45) is 40.9 Å². The minimum Gasteiger partial charge on any atom is -0.478 e. The van der Waals surface area contributed by atoms with E-state index in [0.717, 1.165) is 11.1 Å². The molecule has 0 radical (unpaired) electrons. The predicted octanol–water partition coefficient (Wildman–Crippen LogP) is 2.67. The van der Waals surface area contributed by atoms with E-state index < -0.39 is 53.9 Å². The molecule has 2 aliphatic carbocycles. The van der Waals surface area contributed by atoms with E-state index in [1.807, 2.05) is 53.7 Å². The standard InChI is InChI=1S/C30H50O8/c1-14(2)25(33)18(6)22(32)12-20(31)10-9-15(3)23-17(5)13-30(8)24(21(23)11-16(4)29(37)38)19(7)26(34)27(35)28(30)36/h9,11,13-14,18-28,31-36H,10,12H2,1-8H3,(H,37,38)/b15-9+,16-11+/t18-,19+,20-,21-,22+,23+,24+,25-,26-,27-,28+,30-/m0/s1. The Kier molecular flexibility index (Phi) is 11.0. The summed E-state index contributed by atoms with van der Waals surface area (Å²) < 4.78 is 0. The quantitative estimate of drug-likeness (QED) is 0.165. The molecule has 1 fully saturated rings. The molecule has 0 saturated heterocycles. The Morgan fingerprint density at radius 1 is 1.08 bits per heavy atom. The molecule has 0 unspecified atom stereocenters. The monoisotopic (exact) mass is 538 g/mol. The van der Waals surface area contributed by atoms with Gasteiger partial charge in [0.2, 0.25) is 0 Å². The Hall–Kier alpha value is -1.55. The fourth-order valence-electron chi connectivity index (χ4n) is 6.98. The molecule has 0 spiro atoms. The lowest BCUT2D eigenvalue weighted by molar-refractivity contribution is -0.187. The van der Waals surface area contributed by atoms with E-state index in [1.54, 1.807) is 13.0 Å². The first kappa shape index (κ1) is 32.7. The van der Waals surface area contributed by atoms with E-state index >= 15 is 0 Å². The third kappa shape index (κ3) is 6.60. The van der Waals surface area contributed by atoms with Gasteiger partial charge in [0.1, 0.15) is 6.10 Å². The number of aliphatic hydroxyl groups is 6. The van der Waals surface area contributed by atoms with Crippen molar-refractivity contribution in [1.82, 2.24) is 0 Å². The van der Waals surface area contributed by atoms with Crippen LogP contribution in [-0.4, -0.2) is 78.3 Å². The first-order valence-electron chi connectivity index (χ1n) is 13.8. The molecule has 0 aromatic heterocycles. The molecule has 0 bridgehead atoms. The van der Waals surface area contributed by atoms with Crippen molar-refractivity contribution < 1.29 is 40.5 Å². The van der Waals surface area contributed by atoms with Gasteiger partial charge in [-0.1, -0.05) is 64.0 Å². The van der Waals surface area contributed by atoms with Crippen LogP contribution in [0.2, 0.25) is 0 Å². The Morgan fingerprint density at radius 3 is 2.18 bits per heavy atom. The van der Waals surface area contributed by atoms with Crippen molar-refractivity contribution in [2.75, 3.05) is 0 Å². The summed E-state index contributed by atoms with van der Waals surface area (Å²) in [6.07, 6.45) is -0.121. The van der Waals surface area contributed by atoms with Crippen LogP contribution >= 0.6 is 0 Å². The van der Waals surface area contributed by atoms with Crippen molar-refractivity contribution >= 4 is 5.97 Å². The van der Waals surface area contributed by atoms with Gasteiger partial charge in [0.05, 0.1) is 30.5 Å². The number of carboxylic acid groups (broad SMARTS) is 1. The van der Waals surface area contributed by atoms with Crippen LogP contribution in [0.4, 0.5) is 0 Å². The molecular formula is C30H50O8. The maximum Gasteiger partial charge on any atom is 0.330 e. The Balaban J connectivity index is 2.41. The lowest BCUT2D eigenvalue weighted by Gasteiger charge is -2.57. The third-order valence-corrected chi connectivity index (χ3v) is 9.29. The Bertz CT molecular complexity index is 923. The average molecular weight is 539 g/mol. The molecule has 0 heterocycles. The molecule has 0 aliphatic heterocycles. The van der Waals surface area contributed by atoms with Gasteiger partial charge in [-0.25, -0.2) is 4.79 Å². The van der Waals surface area contributed by atoms with Crippen LogP contribution in [0.5, 0.6) is 0 Å². The zero-order valence-electron chi connectivity index (χ0n) is 24.1. The zero-order valence-corrected chi connectivity index (χ0v) is 24.1. The van der Waals surface area contributed by atoms with Crippen LogP contribution in [0.1, 0.15) is 68.2 Å². The van der Waals surface area contributed by atoms with Gasteiger partial charge in [-0.15, -0.1) is 0 Å². The number of hydrogen-bond acceptors (Lipinski definition) is 7. The maximum atomic E-state index is 11.8. The summed E-state index contributed by atoms with van der Waals surface area (Å²) in [6.45, 7) is 14.6. The number of rotatable bonds is 10. The topological polar surface area (TPSA) is 159 Å². The molecule has 7 N–H and O–H groups in total. The van der Waals surface area contributed by atoms with Crippen molar-refractivity contribution in [3.63, 3.8) is 0 Å². The van der Waals surface area contributed by atoms with Crippen molar-refractivity contribution in [3.8, 4) is 0 Å². The molecule has 38 heavy (non-hydrogen) atoms. The molecular weight excluding hydrogens is 488 g/mol. The second-order valence-electron chi connectivity index (χ2n) is 12.5. The number of hydrogen-bond donors (Lipinski definition) is 7. The number of aliphatic hydroxyl groups excluding tert-OH is 6. The molecule has 0 aromatic rings. The van der Waals surface area contributed by atoms with Crippen LogP contribution in [0.25, 0.3) is 0 Å². The first-order chi connectivity index (χ1) is 17.4. The smallest absolute Gasteiger partial charge is 0.330 e. The Morgan fingerprint density at radius 2 is 1.66 bits per heavy atom. The van der Waals surface area contributed by atoms with Crippen molar-refractivity contribution in [2.45, 2.75) is 105 Å². The number of carboxylic acids is 1. The average Bonchev–Trinajstić information content (AvgIpc) is 2.83. The van der Waals surface area contributed by atoms with Gasteiger partial charge in [-0.2, -0.15) is 0 Å². The van der Waals surface area contributed by atoms with Gasteiger partial charge in [0, 0.05) is 22.8 Å². The second-order valence-corrected chi connectivity index (χ2v) is 12.5. The molecule has 2 rings (SSSR count). The van der Waals surface area contributed by atoms with E-state index in [9.17, 15) is 40.5 Å². The summed E-state index contributed by atoms with van der Waals surface area (Å²) >= 11 is 0. The summed E-state index contributed by atoms with van der Waals surface area (Å²) in [6, 6.07) is 0. The minimum atomic E-state index is -1.31.